The number of carbonyl (C=O) groups excluding carboxylic acids is 1. The van der Waals surface area contributed by atoms with Crippen molar-refractivity contribution in [2.24, 2.45) is 5.92 Å². The van der Waals surface area contributed by atoms with Crippen molar-refractivity contribution in [3.05, 3.63) is 63.9 Å². The Hall–Kier alpha value is -3.43. The van der Waals surface area contributed by atoms with Gasteiger partial charge in [0.05, 0.1) is 20.8 Å². The molecular weight excluding hydrogens is 526 g/mol. The first-order valence-corrected chi connectivity index (χ1v) is 13.9. The molecule has 0 amide bonds. The Morgan fingerprint density at radius 2 is 2.05 bits per heavy atom. The molecule has 3 atom stereocenters. The molecule has 2 aliphatic carbocycles. The van der Waals surface area contributed by atoms with E-state index in [1.165, 1.54) is 11.3 Å². The maximum absolute atomic E-state index is 13.6. The normalized spacial score (nSPS) is 22.4. The molecular formula is C28H24ClN3O5S. The number of benzene rings is 2. The van der Waals surface area contributed by atoms with Crippen LogP contribution in [-0.2, 0) is 4.74 Å². The number of hydrogen-bond acceptors (Lipinski definition) is 8. The van der Waals surface area contributed by atoms with E-state index in [9.17, 15) is 14.7 Å². The highest BCUT2D eigenvalue weighted by atomic mass is 35.5. The number of carbonyl (C=O) groups is 2. The third-order valence-corrected chi connectivity index (χ3v) is 9.30. The fourth-order valence-corrected chi connectivity index (χ4v) is 7.27. The van der Waals surface area contributed by atoms with Crippen molar-refractivity contribution in [3.63, 3.8) is 0 Å². The van der Waals surface area contributed by atoms with Gasteiger partial charge < -0.3 is 19.3 Å². The number of piperidine rings is 1. The van der Waals surface area contributed by atoms with Crippen LogP contribution < -0.4 is 4.90 Å². The summed E-state index contributed by atoms with van der Waals surface area (Å²) >= 11 is 8.03. The lowest BCUT2D eigenvalue weighted by Crippen LogP contribution is -2.39. The molecule has 1 N–H and O–H groups in total. The standard InChI is InChI=1S/C28H24ClN3O5S/c1-13-3-2-4-18(29)22(13)24-23(25(37-31-24)14-5-6-14)27(35)36-20-11-17-9-16(20)12-32(17)28-30-19-8-7-15(26(33)34)10-21(19)38-28/h2-4,7-8,10,14,16-17,20H,5-6,9,11-12H2,1H3,(H,33,34)/t16-,17-,20-/m0/s1. The molecule has 2 aromatic carbocycles. The molecule has 2 saturated carbocycles. The second-order valence-corrected chi connectivity index (χ2v) is 11.9. The minimum atomic E-state index is -0.947. The van der Waals surface area contributed by atoms with Gasteiger partial charge in [0.2, 0.25) is 0 Å². The number of aromatic nitrogens is 2. The minimum Gasteiger partial charge on any atom is -0.478 e. The first-order chi connectivity index (χ1) is 18.4. The molecule has 4 aromatic rings. The van der Waals surface area contributed by atoms with Gasteiger partial charge in [-0.1, -0.05) is 40.2 Å². The maximum atomic E-state index is 13.6. The predicted octanol–water partition coefficient (Wildman–Crippen LogP) is 6.31. The van der Waals surface area contributed by atoms with Gasteiger partial charge in [0.1, 0.15) is 17.4 Å². The molecule has 10 heteroatoms. The highest BCUT2D eigenvalue weighted by Crippen LogP contribution is 2.47. The molecule has 0 unspecified atom stereocenters. The zero-order valence-corrected chi connectivity index (χ0v) is 22.1. The number of nitrogens with zero attached hydrogens (tertiary/aromatic N) is 3. The van der Waals surface area contributed by atoms with Crippen LogP contribution in [0.1, 0.15) is 63.6 Å². The summed E-state index contributed by atoms with van der Waals surface area (Å²) in [6.45, 7) is 2.68. The van der Waals surface area contributed by atoms with Gasteiger partial charge in [-0.25, -0.2) is 14.6 Å². The number of fused-ring (bicyclic) bond motifs is 3. The Balaban J connectivity index is 1.11. The van der Waals surface area contributed by atoms with Crippen LogP contribution in [0.5, 0.6) is 0 Å². The molecule has 3 aliphatic rings. The largest absolute Gasteiger partial charge is 0.478 e. The number of anilines is 1. The predicted molar refractivity (Wildman–Crippen MR) is 143 cm³/mol. The van der Waals surface area contributed by atoms with Crippen molar-refractivity contribution >= 4 is 50.2 Å². The molecule has 0 spiro atoms. The number of esters is 1. The van der Waals surface area contributed by atoms with Crippen molar-refractivity contribution in [1.29, 1.82) is 0 Å². The number of carboxylic acid groups (broad SMARTS) is 1. The number of aromatic carboxylic acids is 1. The molecule has 3 heterocycles. The number of halogens is 1. The lowest BCUT2D eigenvalue weighted by atomic mass is 10.00. The maximum Gasteiger partial charge on any atom is 0.344 e. The minimum absolute atomic E-state index is 0.192. The third-order valence-electron chi connectivity index (χ3n) is 7.93. The van der Waals surface area contributed by atoms with Gasteiger partial charge in [0.15, 0.2) is 10.9 Å². The summed E-state index contributed by atoms with van der Waals surface area (Å²) in [4.78, 5) is 32.0. The Bertz CT molecular complexity index is 1590. The first-order valence-electron chi connectivity index (χ1n) is 12.7. The van der Waals surface area contributed by atoms with Gasteiger partial charge in [-0.2, -0.15) is 0 Å². The van der Waals surface area contributed by atoms with Gasteiger partial charge in [0, 0.05) is 36.4 Å². The Morgan fingerprint density at radius 3 is 2.76 bits per heavy atom. The monoisotopic (exact) mass is 549 g/mol. The number of carboxylic acids is 1. The van der Waals surface area contributed by atoms with Crippen molar-refractivity contribution in [2.75, 3.05) is 11.4 Å². The second-order valence-electron chi connectivity index (χ2n) is 10.4. The van der Waals surface area contributed by atoms with Crippen LogP contribution in [0.3, 0.4) is 0 Å². The quantitative estimate of drug-likeness (QED) is 0.279. The van der Waals surface area contributed by atoms with E-state index in [-0.39, 0.29) is 29.5 Å². The van der Waals surface area contributed by atoms with Crippen LogP contribution in [0.4, 0.5) is 5.13 Å². The van der Waals surface area contributed by atoms with E-state index in [0.717, 1.165) is 53.1 Å². The lowest BCUT2D eigenvalue weighted by molar-refractivity contribution is 0.0191. The number of ether oxygens (including phenoxy) is 1. The van der Waals surface area contributed by atoms with Crippen LogP contribution in [0.15, 0.2) is 40.9 Å². The first kappa shape index (κ1) is 23.7. The van der Waals surface area contributed by atoms with Gasteiger partial charge >= 0.3 is 11.9 Å². The van der Waals surface area contributed by atoms with Crippen LogP contribution in [0, 0.1) is 12.8 Å². The smallest absolute Gasteiger partial charge is 0.344 e. The Kier molecular flexibility index (Phi) is 5.49. The SMILES string of the molecule is Cc1cccc(Cl)c1-c1noc(C2CC2)c1C(=O)O[C@H]1C[C@@H]2C[C@H]1CN2c1nc2ccc(C(=O)O)cc2s1. The van der Waals surface area contributed by atoms with Crippen LogP contribution in [0.2, 0.25) is 5.02 Å². The zero-order valence-electron chi connectivity index (χ0n) is 20.5. The summed E-state index contributed by atoms with van der Waals surface area (Å²) in [5.74, 6) is -0.354. The molecule has 1 saturated heterocycles. The van der Waals surface area contributed by atoms with Gasteiger partial charge in [-0.3, -0.25) is 0 Å². The van der Waals surface area contributed by atoms with E-state index >= 15 is 0 Å². The van der Waals surface area contributed by atoms with E-state index in [2.05, 4.69) is 10.1 Å². The summed E-state index contributed by atoms with van der Waals surface area (Å²) in [6, 6.07) is 10.8. The number of hydrogen-bond donors (Lipinski definition) is 1. The molecule has 2 aromatic heterocycles. The fraction of sp³-hybridized carbons (Fsp3) is 0.357. The summed E-state index contributed by atoms with van der Waals surface area (Å²) in [6.07, 6.45) is 3.38. The Morgan fingerprint density at radius 1 is 1.21 bits per heavy atom. The average Bonchev–Trinajstić information content (AvgIpc) is 3.22. The molecule has 1 aliphatic heterocycles. The molecule has 194 valence electrons. The number of aryl methyl sites for hydroxylation is 1. The topological polar surface area (TPSA) is 106 Å². The highest BCUT2D eigenvalue weighted by molar-refractivity contribution is 7.22. The number of rotatable bonds is 6. The van der Waals surface area contributed by atoms with E-state index in [1.54, 1.807) is 24.3 Å². The van der Waals surface area contributed by atoms with E-state index in [1.807, 2.05) is 19.1 Å². The molecule has 7 rings (SSSR count). The van der Waals surface area contributed by atoms with E-state index < -0.39 is 11.9 Å². The summed E-state index contributed by atoms with van der Waals surface area (Å²) in [7, 11) is 0. The summed E-state index contributed by atoms with van der Waals surface area (Å²) < 4.78 is 12.7. The molecule has 0 radical (unpaired) electrons. The lowest BCUT2D eigenvalue weighted by Gasteiger charge is -2.31. The highest BCUT2D eigenvalue weighted by Gasteiger charge is 2.48. The fourth-order valence-electron chi connectivity index (χ4n) is 5.88. The summed E-state index contributed by atoms with van der Waals surface area (Å²) in [5, 5.41) is 15.0. The Labute approximate surface area is 227 Å². The zero-order chi connectivity index (χ0) is 26.1. The molecule has 3 fully saturated rings. The van der Waals surface area contributed by atoms with E-state index in [4.69, 9.17) is 25.8 Å². The molecule has 8 nitrogen and oxygen atoms in total. The molecule has 2 bridgehead atoms. The van der Waals surface area contributed by atoms with Gasteiger partial charge in [-0.15, -0.1) is 0 Å². The van der Waals surface area contributed by atoms with Crippen LogP contribution >= 0.6 is 22.9 Å². The molecule has 38 heavy (non-hydrogen) atoms. The van der Waals surface area contributed by atoms with Crippen LogP contribution in [0.25, 0.3) is 21.5 Å². The number of thiazole rings is 1. The van der Waals surface area contributed by atoms with Crippen LogP contribution in [-0.4, -0.2) is 45.9 Å². The van der Waals surface area contributed by atoms with Gasteiger partial charge in [0.25, 0.3) is 0 Å². The van der Waals surface area contributed by atoms with Crippen molar-refractivity contribution in [2.45, 2.75) is 50.7 Å². The van der Waals surface area contributed by atoms with Crippen molar-refractivity contribution in [3.8, 4) is 11.3 Å². The second kappa shape index (κ2) is 8.81. The average molecular weight is 550 g/mol. The third kappa shape index (κ3) is 3.87. The van der Waals surface area contributed by atoms with Gasteiger partial charge in [-0.05, 0) is 56.0 Å². The van der Waals surface area contributed by atoms with Crippen molar-refractivity contribution in [1.82, 2.24) is 10.1 Å². The van der Waals surface area contributed by atoms with E-state index in [0.29, 0.717) is 27.6 Å². The van der Waals surface area contributed by atoms with Crippen molar-refractivity contribution < 1.29 is 24.0 Å². The summed E-state index contributed by atoms with van der Waals surface area (Å²) in [5.41, 5.74) is 3.54.